The van der Waals surface area contributed by atoms with Crippen molar-refractivity contribution in [3.8, 4) is 5.75 Å². The molecule has 1 atom stereocenters. The van der Waals surface area contributed by atoms with E-state index in [9.17, 15) is 4.79 Å². The van der Waals surface area contributed by atoms with Gasteiger partial charge < -0.3 is 4.74 Å². The lowest BCUT2D eigenvalue weighted by Gasteiger charge is -2.30. The standard InChI is InChI=1S/C18H27NO2/c1-13(2)21-18-8-7-16(10-15(18)4)17(20)12-19-9-5-6-14(3)11-19/h7-8,10,13-14H,5-6,9,11-12H2,1-4H3. The number of piperidine rings is 1. The molecule has 1 aromatic rings. The Bertz CT molecular complexity index is 496. The first-order valence-corrected chi connectivity index (χ1v) is 7.98. The van der Waals surface area contributed by atoms with Crippen molar-refractivity contribution in [2.24, 2.45) is 5.92 Å². The van der Waals surface area contributed by atoms with Gasteiger partial charge in [0.25, 0.3) is 0 Å². The molecule has 0 aromatic heterocycles. The van der Waals surface area contributed by atoms with E-state index >= 15 is 0 Å². The third kappa shape index (κ3) is 4.57. The van der Waals surface area contributed by atoms with Crippen molar-refractivity contribution in [2.75, 3.05) is 19.6 Å². The SMILES string of the molecule is Cc1cc(C(=O)CN2CCCC(C)C2)ccc1OC(C)C. The summed E-state index contributed by atoms with van der Waals surface area (Å²) in [6.45, 7) is 10.9. The van der Waals surface area contributed by atoms with Crippen molar-refractivity contribution in [1.29, 1.82) is 0 Å². The molecule has 1 unspecified atom stereocenters. The molecule has 0 bridgehead atoms. The number of ketones is 1. The number of carbonyl (C=O) groups excluding carboxylic acids is 1. The fraction of sp³-hybridized carbons (Fsp3) is 0.611. The fourth-order valence-electron chi connectivity index (χ4n) is 2.93. The number of hydrogen-bond acceptors (Lipinski definition) is 3. The predicted octanol–water partition coefficient (Wildman–Crippen LogP) is 3.70. The van der Waals surface area contributed by atoms with Crippen LogP contribution in [0.5, 0.6) is 5.75 Å². The van der Waals surface area contributed by atoms with Crippen molar-refractivity contribution >= 4 is 5.78 Å². The van der Waals surface area contributed by atoms with E-state index in [1.54, 1.807) is 0 Å². The summed E-state index contributed by atoms with van der Waals surface area (Å²) in [5, 5.41) is 0. The van der Waals surface area contributed by atoms with Gasteiger partial charge in [-0.05, 0) is 69.8 Å². The highest BCUT2D eigenvalue weighted by Gasteiger charge is 2.19. The molecular formula is C18H27NO2. The second kappa shape index (κ2) is 7.08. The Hall–Kier alpha value is -1.35. The normalized spacial score (nSPS) is 19.8. The van der Waals surface area contributed by atoms with Crippen LogP contribution >= 0.6 is 0 Å². The predicted molar refractivity (Wildman–Crippen MR) is 86.1 cm³/mol. The Balaban J connectivity index is 2.00. The smallest absolute Gasteiger partial charge is 0.176 e. The molecular weight excluding hydrogens is 262 g/mol. The summed E-state index contributed by atoms with van der Waals surface area (Å²) in [7, 11) is 0. The zero-order valence-electron chi connectivity index (χ0n) is 13.7. The van der Waals surface area contributed by atoms with E-state index in [0.717, 1.165) is 30.0 Å². The zero-order valence-corrected chi connectivity index (χ0v) is 13.7. The molecule has 0 amide bonds. The van der Waals surface area contributed by atoms with Gasteiger partial charge in [-0.2, -0.15) is 0 Å². The minimum Gasteiger partial charge on any atom is -0.491 e. The summed E-state index contributed by atoms with van der Waals surface area (Å²) in [5.41, 5.74) is 1.82. The number of nitrogens with zero attached hydrogens (tertiary/aromatic N) is 1. The lowest BCUT2D eigenvalue weighted by molar-refractivity contribution is 0.0893. The molecule has 0 aliphatic carbocycles. The van der Waals surface area contributed by atoms with Crippen LogP contribution in [0.1, 0.15) is 49.5 Å². The van der Waals surface area contributed by atoms with Crippen molar-refractivity contribution in [3.05, 3.63) is 29.3 Å². The van der Waals surface area contributed by atoms with Crippen molar-refractivity contribution in [1.82, 2.24) is 4.90 Å². The van der Waals surface area contributed by atoms with Gasteiger partial charge in [0.05, 0.1) is 12.6 Å². The first-order chi connectivity index (χ1) is 9.95. The molecule has 2 rings (SSSR count). The first kappa shape index (κ1) is 16.0. The van der Waals surface area contributed by atoms with Gasteiger partial charge in [-0.25, -0.2) is 0 Å². The van der Waals surface area contributed by atoms with Crippen LogP contribution in [0.3, 0.4) is 0 Å². The third-order valence-electron chi connectivity index (χ3n) is 3.97. The highest BCUT2D eigenvalue weighted by atomic mass is 16.5. The number of rotatable bonds is 5. The van der Waals surface area contributed by atoms with Gasteiger partial charge in [0, 0.05) is 12.1 Å². The minimum atomic E-state index is 0.153. The third-order valence-corrected chi connectivity index (χ3v) is 3.97. The molecule has 116 valence electrons. The van der Waals surface area contributed by atoms with Crippen molar-refractivity contribution in [3.63, 3.8) is 0 Å². The minimum absolute atomic E-state index is 0.153. The van der Waals surface area contributed by atoms with Crippen LogP contribution in [0.15, 0.2) is 18.2 Å². The molecule has 1 heterocycles. The van der Waals surface area contributed by atoms with Crippen LogP contribution in [0.4, 0.5) is 0 Å². The van der Waals surface area contributed by atoms with Crippen LogP contribution in [0, 0.1) is 12.8 Å². The quantitative estimate of drug-likeness (QED) is 0.774. The van der Waals surface area contributed by atoms with E-state index in [1.165, 1.54) is 12.8 Å². The molecule has 0 radical (unpaired) electrons. The number of ether oxygens (including phenoxy) is 1. The molecule has 1 saturated heterocycles. The molecule has 0 saturated carbocycles. The summed E-state index contributed by atoms with van der Waals surface area (Å²) in [4.78, 5) is 14.7. The van der Waals surface area contributed by atoms with E-state index in [4.69, 9.17) is 4.74 Å². The summed E-state index contributed by atoms with van der Waals surface area (Å²) in [6, 6.07) is 5.76. The molecule has 1 aromatic carbocycles. The first-order valence-electron chi connectivity index (χ1n) is 7.98. The van der Waals surface area contributed by atoms with Gasteiger partial charge in [-0.15, -0.1) is 0 Å². The fourth-order valence-corrected chi connectivity index (χ4v) is 2.93. The van der Waals surface area contributed by atoms with Crippen LogP contribution in [-0.2, 0) is 0 Å². The summed E-state index contributed by atoms with van der Waals surface area (Å²) >= 11 is 0. The van der Waals surface area contributed by atoms with Crippen LogP contribution < -0.4 is 4.74 Å². The van der Waals surface area contributed by atoms with Gasteiger partial charge in [0.2, 0.25) is 0 Å². The number of hydrogen-bond donors (Lipinski definition) is 0. The van der Waals surface area contributed by atoms with Crippen molar-refractivity contribution < 1.29 is 9.53 Å². The largest absolute Gasteiger partial charge is 0.491 e. The topological polar surface area (TPSA) is 29.5 Å². The Kier molecular flexibility index (Phi) is 5.40. The van der Waals surface area contributed by atoms with Gasteiger partial charge in [-0.1, -0.05) is 6.92 Å². The van der Waals surface area contributed by atoms with E-state index < -0.39 is 0 Å². The van der Waals surface area contributed by atoms with Gasteiger partial charge in [0.15, 0.2) is 5.78 Å². The van der Waals surface area contributed by atoms with Crippen LogP contribution in [-0.4, -0.2) is 36.4 Å². The molecule has 0 spiro atoms. The Morgan fingerprint density at radius 1 is 1.43 bits per heavy atom. The average Bonchev–Trinajstić information content (AvgIpc) is 2.40. The van der Waals surface area contributed by atoms with Crippen LogP contribution in [0.2, 0.25) is 0 Å². The maximum absolute atomic E-state index is 12.4. The molecule has 3 nitrogen and oxygen atoms in total. The maximum Gasteiger partial charge on any atom is 0.176 e. The molecule has 0 N–H and O–H groups in total. The highest BCUT2D eigenvalue weighted by Crippen LogP contribution is 2.21. The molecule has 1 fully saturated rings. The average molecular weight is 289 g/mol. The second-order valence-corrected chi connectivity index (χ2v) is 6.55. The second-order valence-electron chi connectivity index (χ2n) is 6.55. The zero-order chi connectivity index (χ0) is 15.4. The van der Waals surface area contributed by atoms with Gasteiger partial charge in [-0.3, -0.25) is 9.69 Å². The highest BCUT2D eigenvalue weighted by molar-refractivity contribution is 5.98. The summed E-state index contributed by atoms with van der Waals surface area (Å²) < 4.78 is 5.72. The van der Waals surface area contributed by atoms with Gasteiger partial charge >= 0.3 is 0 Å². The lowest BCUT2D eigenvalue weighted by atomic mass is 9.99. The maximum atomic E-state index is 12.4. The Morgan fingerprint density at radius 3 is 2.81 bits per heavy atom. The van der Waals surface area contributed by atoms with E-state index in [1.807, 2.05) is 39.0 Å². The molecule has 1 aliphatic heterocycles. The molecule has 3 heteroatoms. The number of benzene rings is 1. The van der Waals surface area contributed by atoms with E-state index in [0.29, 0.717) is 12.5 Å². The van der Waals surface area contributed by atoms with Gasteiger partial charge in [0.1, 0.15) is 5.75 Å². The Morgan fingerprint density at radius 2 is 2.19 bits per heavy atom. The molecule has 21 heavy (non-hydrogen) atoms. The molecule has 1 aliphatic rings. The summed E-state index contributed by atoms with van der Waals surface area (Å²) in [5.74, 6) is 1.78. The monoisotopic (exact) mass is 289 g/mol. The van der Waals surface area contributed by atoms with E-state index in [2.05, 4.69) is 11.8 Å². The lowest BCUT2D eigenvalue weighted by Crippen LogP contribution is -2.38. The van der Waals surface area contributed by atoms with Crippen LogP contribution in [0.25, 0.3) is 0 Å². The van der Waals surface area contributed by atoms with E-state index in [-0.39, 0.29) is 11.9 Å². The number of aryl methyl sites for hydroxylation is 1. The number of carbonyl (C=O) groups is 1. The summed E-state index contributed by atoms with van der Waals surface area (Å²) in [6.07, 6.45) is 2.64. The number of Topliss-reactive ketones (excluding diaryl/α,β-unsaturated/α-hetero) is 1. The Labute approximate surface area is 128 Å². The number of likely N-dealkylation sites (tertiary alicyclic amines) is 1. The van der Waals surface area contributed by atoms with Crippen molar-refractivity contribution in [2.45, 2.75) is 46.6 Å².